The maximum atomic E-state index is 14.1. The molecule has 1 amide bonds. The fourth-order valence-corrected chi connectivity index (χ4v) is 3.28. The number of carbonyl (C=O) groups excluding carboxylic acids is 2. The van der Waals surface area contributed by atoms with Gasteiger partial charge in [-0.3, -0.25) is 4.79 Å². The number of amides is 1. The van der Waals surface area contributed by atoms with Crippen LogP contribution in [-0.2, 0) is 19.8 Å². The van der Waals surface area contributed by atoms with E-state index >= 15 is 0 Å². The molecule has 1 aliphatic heterocycles. The Bertz CT molecular complexity index is 765. The summed E-state index contributed by atoms with van der Waals surface area (Å²) in [4.78, 5) is 24.4. The summed E-state index contributed by atoms with van der Waals surface area (Å²) < 4.78 is 66.4. The Morgan fingerprint density at radius 2 is 1.96 bits per heavy atom. The molecule has 0 spiro atoms. The first-order valence-electron chi connectivity index (χ1n) is 6.43. The molecule has 1 saturated heterocycles. The summed E-state index contributed by atoms with van der Waals surface area (Å²) in [5.41, 5.74) is -1.41. The quantitative estimate of drug-likeness (QED) is 0.605. The van der Waals surface area contributed by atoms with Crippen molar-refractivity contribution in [2.45, 2.75) is 6.42 Å². The normalized spacial score (nSPS) is 18.3. The first-order chi connectivity index (χ1) is 10.6. The van der Waals surface area contributed by atoms with E-state index in [1.165, 1.54) is 0 Å². The van der Waals surface area contributed by atoms with Crippen molar-refractivity contribution in [1.82, 2.24) is 0 Å². The van der Waals surface area contributed by atoms with Crippen molar-refractivity contribution in [3.63, 3.8) is 0 Å². The summed E-state index contributed by atoms with van der Waals surface area (Å²) >= 11 is 0. The molecule has 1 aromatic carbocycles. The Balaban J connectivity index is 2.44. The number of hydrogen-bond acceptors (Lipinski definition) is 5. The minimum Gasteiger partial charge on any atom is -0.465 e. The van der Waals surface area contributed by atoms with Crippen LogP contribution in [-0.4, -0.2) is 39.7 Å². The fourth-order valence-electron chi connectivity index (χ4n) is 2.49. The summed E-state index contributed by atoms with van der Waals surface area (Å²) in [6.07, 6.45) is -0.361. The lowest BCUT2D eigenvalue weighted by atomic mass is 10.1. The molecule has 1 aromatic rings. The van der Waals surface area contributed by atoms with Gasteiger partial charge >= 0.3 is 16.2 Å². The molecule has 1 heterocycles. The first kappa shape index (κ1) is 17.3. The standard InChI is InChI=1S/C13H12F3NO5S/c1-22-13(19)11-8(14)2-3-9(15)12(11)17-5-7(4-10(17)18)6-23(16,20)21/h2-3,7H,4-6H2,1H3. The highest BCUT2D eigenvalue weighted by Crippen LogP contribution is 2.33. The lowest BCUT2D eigenvalue weighted by molar-refractivity contribution is -0.117. The molecule has 0 radical (unpaired) electrons. The van der Waals surface area contributed by atoms with E-state index in [0.29, 0.717) is 6.07 Å². The molecule has 6 nitrogen and oxygen atoms in total. The van der Waals surface area contributed by atoms with Gasteiger partial charge in [-0.1, -0.05) is 0 Å². The number of benzene rings is 1. The summed E-state index contributed by atoms with van der Waals surface area (Å²) in [6, 6.07) is 1.43. The molecular formula is C13H12F3NO5S. The number of anilines is 1. The summed E-state index contributed by atoms with van der Waals surface area (Å²) in [7, 11) is -3.87. The smallest absolute Gasteiger partial charge is 0.343 e. The second-order valence-corrected chi connectivity index (χ2v) is 6.44. The van der Waals surface area contributed by atoms with Gasteiger partial charge in [0.15, 0.2) is 0 Å². The van der Waals surface area contributed by atoms with E-state index in [2.05, 4.69) is 4.74 Å². The van der Waals surface area contributed by atoms with Crippen LogP contribution in [0.1, 0.15) is 16.8 Å². The molecule has 0 saturated carbocycles. The van der Waals surface area contributed by atoms with Crippen molar-refractivity contribution in [1.29, 1.82) is 0 Å². The predicted octanol–water partition coefficient (Wildman–Crippen LogP) is 1.40. The third-order valence-electron chi connectivity index (χ3n) is 3.38. The van der Waals surface area contributed by atoms with Crippen LogP contribution >= 0.6 is 0 Å². The molecule has 0 bridgehead atoms. The lowest BCUT2D eigenvalue weighted by Gasteiger charge is -2.20. The summed E-state index contributed by atoms with van der Waals surface area (Å²) in [6.45, 7) is -0.355. The van der Waals surface area contributed by atoms with Gasteiger partial charge in [0.1, 0.15) is 17.2 Å². The number of nitrogens with zero attached hydrogens (tertiary/aromatic N) is 1. The van der Waals surface area contributed by atoms with Crippen LogP contribution in [0.25, 0.3) is 0 Å². The Labute approximate surface area is 130 Å². The van der Waals surface area contributed by atoms with Gasteiger partial charge in [0.05, 0.1) is 18.6 Å². The topological polar surface area (TPSA) is 80.8 Å². The van der Waals surface area contributed by atoms with Gasteiger partial charge in [-0.25, -0.2) is 13.6 Å². The van der Waals surface area contributed by atoms with Gasteiger partial charge < -0.3 is 9.64 Å². The van der Waals surface area contributed by atoms with Crippen LogP contribution in [0.3, 0.4) is 0 Å². The summed E-state index contributed by atoms with van der Waals surface area (Å²) in [5, 5.41) is 0. The Kier molecular flexibility index (Phi) is 4.64. The van der Waals surface area contributed by atoms with E-state index in [-0.39, 0.29) is 13.0 Å². The number of esters is 1. The maximum absolute atomic E-state index is 14.1. The zero-order valence-corrected chi connectivity index (χ0v) is 12.7. The van der Waals surface area contributed by atoms with Crippen molar-refractivity contribution in [3.8, 4) is 0 Å². The highest BCUT2D eigenvalue weighted by molar-refractivity contribution is 7.86. The largest absolute Gasteiger partial charge is 0.465 e. The van der Waals surface area contributed by atoms with Crippen molar-refractivity contribution in [2.24, 2.45) is 5.92 Å². The van der Waals surface area contributed by atoms with Gasteiger partial charge in [-0.2, -0.15) is 8.42 Å². The molecule has 0 aliphatic carbocycles. The number of rotatable bonds is 4. The number of halogens is 3. The molecule has 2 rings (SSSR count). The average Bonchev–Trinajstić information content (AvgIpc) is 2.78. The average molecular weight is 351 g/mol. The van der Waals surface area contributed by atoms with E-state index in [0.717, 1.165) is 18.1 Å². The molecule has 23 heavy (non-hydrogen) atoms. The molecule has 1 unspecified atom stereocenters. The van der Waals surface area contributed by atoms with Crippen LogP contribution < -0.4 is 4.90 Å². The SMILES string of the molecule is COC(=O)c1c(F)ccc(F)c1N1CC(CS(=O)(=O)F)CC1=O. The Morgan fingerprint density at radius 1 is 1.35 bits per heavy atom. The van der Waals surface area contributed by atoms with Crippen LogP contribution in [0.2, 0.25) is 0 Å². The van der Waals surface area contributed by atoms with Gasteiger partial charge in [0.2, 0.25) is 5.91 Å². The lowest BCUT2D eigenvalue weighted by Crippen LogP contribution is -2.29. The highest BCUT2D eigenvalue weighted by atomic mass is 32.3. The second-order valence-electron chi connectivity index (χ2n) is 5.02. The zero-order valence-electron chi connectivity index (χ0n) is 11.9. The van der Waals surface area contributed by atoms with E-state index < -0.39 is 56.7 Å². The van der Waals surface area contributed by atoms with Crippen LogP contribution in [0.4, 0.5) is 18.4 Å². The molecule has 126 valence electrons. The minimum atomic E-state index is -4.82. The first-order valence-corrected chi connectivity index (χ1v) is 7.98. The Hall–Kier alpha value is -2.10. The van der Waals surface area contributed by atoms with Gasteiger partial charge in [-0.15, -0.1) is 3.89 Å². The van der Waals surface area contributed by atoms with Gasteiger partial charge in [-0.05, 0) is 12.1 Å². The third kappa shape index (κ3) is 3.63. The van der Waals surface area contributed by atoms with E-state index in [4.69, 9.17) is 0 Å². The minimum absolute atomic E-state index is 0.355. The molecule has 0 N–H and O–H groups in total. The fraction of sp³-hybridized carbons (Fsp3) is 0.385. The van der Waals surface area contributed by atoms with E-state index in [9.17, 15) is 30.7 Å². The maximum Gasteiger partial charge on any atom is 0.343 e. The van der Waals surface area contributed by atoms with Crippen LogP contribution in [0.15, 0.2) is 12.1 Å². The third-order valence-corrected chi connectivity index (χ3v) is 4.25. The number of ether oxygens (including phenoxy) is 1. The molecule has 1 fully saturated rings. The molecule has 1 aliphatic rings. The van der Waals surface area contributed by atoms with Crippen molar-refractivity contribution >= 4 is 27.8 Å². The van der Waals surface area contributed by atoms with Crippen molar-refractivity contribution < 1.29 is 35.4 Å². The zero-order chi connectivity index (χ0) is 17.4. The van der Waals surface area contributed by atoms with Crippen molar-refractivity contribution in [3.05, 3.63) is 29.3 Å². The molecule has 10 heteroatoms. The van der Waals surface area contributed by atoms with Crippen LogP contribution in [0.5, 0.6) is 0 Å². The second kappa shape index (κ2) is 6.19. The number of hydrogen-bond donors (Lipinski definition) is 0. The molecule has 0 aromatic heterocycles. The molecule has 1 atom stereocenters. The number of methoxy groups -OCH3 is 1. The predicted molar refractivity (Wildman–Crippen MR) is 73.1 cm³/mol. The van der Waals surface area contributed by atoms with E-state index in [1.54, 1.807) is 0 Å². The van der Waals surface area contributed by atoms with Gasteiger partial charge in [0, 0.05) is 18.9 Å². The molecular weight excluding hydrogens is 339 g/mol. The summed E-state index contributed by atoms with van der Waals surface area (Å²) in [5.74, 6) is -5.92. The van der Waals surface area contributed by atoms with E-state index in [1.807, 2.05) is 0 Å². The highest BCUT2D eigenvalue weighted by Gasteiger charge is 2.37. The number of carbonyl (C=O) groups is 2. The van der Waals surface area contributed by atoms with Gasteiger partial charge in [0.25, 0.3) is 0 Å². The van der Waals surface area contributed by atoms with Crippen molar-refractivity contribution in [2.75, 3.05) is 24.3 Å². The van der Waals surface area contributed by atoms with Crippen LogP contribution in [0, 0.1) is 17.6 Å². The monoisotopic (exact) mass is 351 g/mol. The Morgan fingerprint density at radius 3 is 2.52 bits per heavy atom.